The lowest BCUT2D eigenvalue weighted by Gasteiger charge is -2.21. The quantitative estimate of drug-likeness (QED) is 0.373. The van der Waals surface area contributed by atoms with E-state index in [0.29, 0.717) is 0 Å². The third-order valence-electron chi connectivity index (χ3n) is 5.40. The monoisotopic (exact) mass is 392 g/mol. The van der Waals surface area contributed by atoms with Gasteiger partial charge < -0.3 is 0 Å². The Hall–Kier alpha value is -3.26. The first kappa shape index (κ1) is 20.0. The largest absolute Gasteiger partial charge is 0.264 e. The number of benzene rings is 2. The molecule has 4 aromatic rings. The Kier molecular flexibility index (Phi) is 5.50. The second-order valence-electron chi connectivity index (χ2n) is 8.99. The molecule has 2 aromatic heterocycles. The Labute approximate surface area is 179 Å². The van der Waals surface area contributed by atoms with E-state index < -0.39 is 0 Å². The van der Waals surface area contributed by atoms with Crippen LogP contribution in [0.15, 0.2) is 85.3 Å². The molecular formula is C28H28N2. The number of hydrogen-bond acceptors (Lipinski definition) is 2. The van der Waals surface area contributed by atoms with Gasteiger partial charge in [-0.25, -0.2) is 0 Å². The van der Waals surface area contributed by atoms with Crippen molar-refractivity contribution in [1.82, 2.24) is 9.97 Å². The van der Waals surface area contributed by atoms with Gasteiger partial charge in [-0.2, -0.15) is 0 Å². The topological polar surface area (TPSA) is 25.8 Å². The lowest BCUT2D eigenvalue weighted by molar-refractivity contribution is 0.589. The van der Waals surface area contributed by atoms with Gasteiger partial charge in [0, 0.05) is 41.8 Å². The summed E-state index contributed by atoms with van der Waals surface area (Å²) in [5, 5.41) is 0. The zero-order valence-electron chi connectivity index (χ0n) is 18.2. The minimum Gasteiger partial charge on any atom is -0.264 e. The molecule has 150 valence electrons. The molecule has 2 nitrogen and oxygen atoms in total. The van der Waals surface area contributed by atoms with Crippen molar-refractivity contribution in [2.45, 2.75) is 39.5 Å². The van der Waals surface area contributed by atoms with Gasteiger partial charge >= 0.3 is 0 Å². The minimum absolute atomic E-state index is 0.150. The number of nitrogens with zero attached hydrogens (tertiary/aromatic N) is 2. The van der Waals surface area contributed by atoms with E-state index in [1.54, 1.807) is 6.20 Å². The molecule has 0 fully saturated rings. The highest BCUT2D eigenvalue weighted by Crippen LogP contribution is 2.27. The first-order chi connectivity index (χ1) is 14.4. The van der Waals surface area contributed by atoms with E-state index in [4.69, 9.17) is 4.98 Å². The van der Waals surface area contributed by atoms with Gasteiger partial charge in [-0.15, -0.1) is 0 Å². The molecule has 0 N–H and O–H groups in total. The average Bonchev–Trinajstić information content (AvgIpc) is 2.74. The predicted molar refractivity (Wildman–Crippen MR) is 126 cm³/mol. The van der Waals surface area contributed by atoms with Crippen LogP contribution < -0.4 is 0 Å². The van der Waals surface area contributed by atoms with Crippen LogP contribution in [0.1, 0.15) is 43.2 Å². The molecule has 0 unspecified atom stereocenters. The standard InChI is InChI=1S/C28H28N2/c1-20-13-21(15-26(14-20)28(2,3)4)16-27-11-10-25(19-30-27)23-8-5-7-22(17-23)24-9-6-12-29-18-24/h5-15,17-19H,16H2,1-4H3. The Balaban J connectivity index is 1.57. The molecule has 0 spiro atoms. The van der Waals surface area contributed by atoms with E-state index in [1.165, 1.54) is 27.8 Å². The summed E-state index contributed by atoms with van der Waals surface area (Å²) in [5.41, 5.74) is 9.83. The molecule has 0 aliphatic heterocycles. The Morgan fingerprint density at radius 2 is 1.47 bits per heavy atom. The third-order valence-corrected chi connectivity index (χ3v) is 5.40. The van der Waals surface area contributed by atoms with Gasteiger partial charge in [0.15, 0.2) is 0 Å². The van der Waals surface area contributed by atoms with E-state index in [0.717, 1.165) is 23.2 Å². The second kappa shape index (κ2) is 8.23. The molecule has 0 aliphatic carbocycles. The van der Waals surface area contributed by atoms with Crippen LogP contribution in [0.3, 0.4) is 0 Å². The highest BCUT2D eigenvalue weighted by molar-refractivity contribution is 5.72. The van der Waals surface area contributed by atoms with Crippen LogP contribution in [0.25, 0.3) is 22.3 Å². The molecule has 2 heterocycles. The smallest absolute Gasteiger partial charge is 0.0447 e. The van der Waals surface area contributed by atoms with Crippen molar-refractivity contribution in [3.63, 3.8) is 0 Å². The van der Waals surface area contributed by atoms with Crippen LogP contribution in [0.2, 0.25) is 0 Å². The summed E-state index contributed by atoms with van der Waals surface area (Å²) in [6.45, 7) is 8.96. The SMILES string of the molecule is Cc1cc(Cc2ccc(-c3cccc(-c4cccnc4)c3)cn2)cc(C(C)(C)C)c1. The second-order valence-corrected chi connectivity index (χ2v) is 8.99. The molecule has 2 aromatic carbocycles. The maximum Gasteiger partial charge on any atom is 0.0447 e. The van der Waals surface area contributed by atoms with Gasteiger partial charge in [-0.05, 0) is 52.8 Å². The molecule has 4 rings (SSSR count). The summed E-state index contributed by atoms with van der Waals surface area (Å²) in [5.74, 6) is 0. The zero-order valence-corrected chi connectivity index (χ0v) is 18.2. The molecule has 0 amide bonds. The first-order valence-corrected chi connectivity index (χ1v) is 10.5. The lowest BCUT2D eigenvalue weighted by Crippen LogP contribution is -2.12. The van der Waals surface area contributed by atoms with E-state index in [1.807, 2.05) is 18.5 Å². The van der Waals surface area contributed by atoms with E-state index >= 15 is 0 Å². The van der Waals surface area contributed by atoms with Crippen molar-refractivity contribution in [3.8, 4) is 22.3 Å². The average molecular weight is 393 g/mol. The van der Waals surface area contributed by atoms with Crippen molar-refractivity contribution in [1.29, 1.82) is 0 Å². The van der Waals surface area contributed by atoms with Crippen LogP contribution in [-0.4, -0.2) is 9.97 Å². The van der Waals surface area contributed by atoms with Crippen molar-refractivity contribution < 1.29 is 0 Å². The number of aryl methyl sites for hydroxylation is 1. The summed E-state index contributed by atoms with van der Waals surface area (Å²) >= 11 is 0. The van der Waals surface area contributed by atoms with Crippen LogP contribution in [0.4, 0.5) is 0 Å². The van der Waals surface area contributed by atoms with Gasteiger partial charge in [0.1, 0.15) is 0 Å². The summed E-state index contributed by atoms with van der Waals surface area (Å²) in [7, 11) is 0. The highest BCUT2D eigenvalue weighted by Gasteiger charge is 2.15. The van der Waals surface area contributed by atoms with Gasteiger partial charge in [0.05, 0.1) is 0 Å². The summed E-state index contributed by atoms with van der Waals surface area (Å²) < 4.78 is 0. The molecule has 0 saturated carbocycles. The van der Waals surface area contributed by atoms with Gasteiger partial charge in [0.2, 0.25) is 0 Å². The summed E-state index contributed by atoms with van der Waals surface area (Å²) in [4.78, 5) is 8.99. The summed E-state index contributed by atoms with van der Waals surface area (Å²) in [6, 6.07) is 23.8. The van der Waals surface area contributed by atoms with Crippen molar-refractivity contribution in [2.24, 2.45) is 0 Å². The maximum absolute atomic E-state index is 4.76. The molecule has 0 aliphatic rings. The number of pyridine rings is 2. The third kappa shape index (κ3) is 4.65. The Morgan fingerprint density at radius 1 is 0.733 bits per heavy atom. The van der Waals surface area contributed by atoms with Gasteiger partial charge in [-0.3, -0.25) is 9.97 Å². The van der Waals surface area contributed by atoms with E-state index in [2.05, 4.69) is 93.3 Å². The number of rotatable bonds is 4. The Bertz CT molecular complexity index is 1140. The van der Waals surface area contributed by atoms with Crippen LogP contribution in [-0.2, 0) is 11.8 Å². The van der Waals surface area contributed by atoms with Crippen LogP contribution in [0, 0.1) is 6.92 Å². The fourth-order valence-corrected chi connectivity index (χ4v) is 3.72. The molecule has 2 heteroatoms. The predicted octanol–water partition coefficient (Wildman–Crippen LogP) is 7.01. The Morgan fingerprint density at radius 3 is 2.10 bits per heavy atom. The number of aromatic nitrogens is 2. The van der Waals surface area contributed by atoms with Gasteiger partial charge in [0.25, 0.3) is 0 Å². The van der Waals surface area contributed by atoms with Crippen molar-refractivity contribution in [2.75, 3.05) is 0 Å². The molecular weight excluding hydrogens is 364 g/mol. The first-order valence-electron chi connectivity index (χ1n) is 10.5. The van der Waals surface area contributed by atoms with Gasteiger partial charge in [-0.1, -0.05) is 74.9 Å². The zero-order chi connectivity index (χ0) is 21.1. The highest BCUT2D eigenvalue weighted by atomic mass is 14.7. The van der Waals surface area contributed by atoms with Crippen molar-refractivity contribution >= 4 is 0 Å². The fraction of sp³-hybridized carbons (Fsp3) is 0.214. The lowest BCUT2D eigenvalue weighted by atomic mass is 9.84. The molecule has 0 atom stereocenters. The molecule has 0 radical (unpaired) electrons. The summed E-state index contributed by atoms with van der Waals surface area (Å²) in [6.07, 6.45) is 6.53. The number of hydrogen-bond donors (Lipinski definition) is 0. The maximum atomic E-state index is 4.76. The van der Waals surface area contributed by atoms with E-state index in [-0.39, 0.29) is 5.41 Å². The van der Waals surface area contributed by atoms with E-state index in [9.17, 15) is 0 Å². The van der Waals surface area contributed by atoms with Crippen molar-refractivity contribution in [3.05, 3.63) is 108 Å². The molecule has 0 bridgehead atoms. The van der Waals surface area contributed by atoms with Crippen LogP contribution in [0.5, 0.6) is 0 Å². The minimum atomic E-state index is 0.150. The molecule has 30 heavy (non-hydrogen) atoms. The molecule has 0 saturated heterocycles. The fourth-order valence-electron chi connectivity index (χ4n) is 3.72. The normalized spacial score (nSPS) is 11.5. The van der Waals surface area contributed by atoms with Crippen LogP contribution >= 0.6 is 0 Å².